The van der Waals surface area contributed by atoms with Gasteiger partial charge in [-0.2, -0.15) is 0 Å². The van der Waals surface area contributed by atoms with E-state index in [2.05, 4.69) is 11.1 Å². The number of carbonyl (C=O) groups excluding carboxylic acids is 2. The van der Waals surface area contributed by atoms with Gasteiger partial charge in [-0.1, -0.05) is 96.8 Å². The van der Waals surface area contributed by atoms with E-state index in [1.807, 2.05) is 0 Å². The number of carbonyl (C=O) groups is 2. The first-order valence-electron chi connectivity index (χ1n) is 10.0. The third kappa shape index (κ3) is 24.5. The van der Waals surface area contributed by atoms with Crippen LogP contribution in [0.25, 0.3) is 0 Å². The van der Waals surface area contributed by atoms with Crippen LogP contribution < -0.4 is 0 Å². The molecule has 0 aliphatic carbocycles. The summed E-state index contributed by atoms with van der Waals surface area (Å²) in [7, 11) is 0. The van der Waals surface area contributed by atoms with Crippen LogP contribution in [0.5, 0.6) is 0 Å². The first-order chi connectivity index (χ1) is 11.7. The van der Waals surface area contributed by atoms with Crippen LogP contribution in [0.2, 0.25) is 0 Å². The van der Waals surface area contributed by atoms with E-state index >= 15 is 0 Å². The fourth-order valence-electron chi connectivity index (χ4n) is 2.79. The van der Waals surface area contributed by atoms with Crippen molar-refractivity contribution in [2.24, 2.45) is 0 Å². The molecule has 0 spiro atoms. The zero-order valence-corrected chi connectivity index (χ0v) is 16.8. The Balaban J connectivity index is 0. The molecular formula is C20H39NaO3S. The van der Waals surface area contributed by atoms with Gasteiger partial charge in [-0.25, -0.2) is 0 Å². The van der Waals surface area contributed by atoms with Crippen molar-refractivity contribution in [2.75, 3.05) is 0 Å². The van der Waals surface area contributed by atoms with Crippen LogP contribution in [0.4, 0.5) is 0 Å². The number of hydrogen-bond donors (Lipinski definition) is 0. The van der Waals surface area contributed by atoms with Crippen LogP contribution in [0.1, 0.15) is 117 Å². The topological polar surface area (TPSA) is 43.4 Å². The van der Waals surface area contributed by atoms with Gasteiger partial charge in [-0.05, 0) is 6.42 Å². The molecule has 0 heterocycles. The molecule has 0 saturated heterocycles. The molecule has 0 saturated carbocycles. The van der Waals surface area contributed by atoms with Crippen LogP contribution in [0.15, 0.2) is 0 Å². The first-order valence-corrected chi connectivity index (χ1v) is 10.8. The molecule has 0 aliphatic rings. The van der Waals surface area contributed by atoms with E-state index in [1.54, 1.807) is 0 Å². The molecule has 5 heteroatoms. The summed E-state index contributed by atoms with van der Waals surface area (Å²) in [5.74, 6) is -0.412. The Hall–Kier alpha value is 0.490. The fourth-order valence-corrected chi connectivity index (χ4v) is 3.23. The van der Waals surface area contributed by atoms with Gasteiger partial charge in [0.15, 0.2) is 0 Å². The van der Waals surface area contributed by atoms with E-state index in [0.29, 0.717) is 18.5 Å². The molecule has 0 fully saturated rings. The number of hydrogen-bond acceptors (Lipinski definition) is 4. The Morgan fingerprint density at radius 3 is 1.40 bits per heavy atom. The Kier molecular flexibility index (Phi) is 25.0. The van der Waals surface area contributed by atoms with Crippen molar-refractivity contribution >= 4 is 52.7 Å². The Bertz CT molecular complexity index is 311. The summed E-state index contributed by atoms with van der Waals surface area (Å²) >= 11 is 0.683. The van der Waals surface area contributed by atoms with Crippen LogP contribution in [-0.2, 0) is 13.8 Å². The molecule has 0 N–H and O–H groups in total. The molecule has 0 amide bonds. The second-order valence-corrected chi connectivity index (χ2v) is 7.52. The molecule has 0 rings (SSSR count). The zero-order valence-electron chi connectivity index (χ0n) is 15.9. The molecule has 0 atom stereocenters. The van der Waals surface area contributed by atoms with E-state index in [-0.39, 0.29) is 34.7 Å². The van der Waals surface area contributed by atoms with E-state index in [1.165, 1.54) is 90.4 Å². The van der Waals surface area contributed by atoms with Crippen molar-refractivity contribution in [3.63, 3.8) is 0 Å². The average Bonchev–Trinajstić information content (AvgIpc) is 2.56. The molecule has 0 aliphatic heterocycles. The van der Waals surface area contributed by atoms with Crippen LogP contribution in [0, 0.1) is 0 Å². The molecule has 144 valence electrons. The second kappa shape index (κ2) is 22.5. The molecule has 0 unspecified atom stereocenters. The van der Waals surface area contributed by atoms with Crippen LogP contribution >= 0.6 is 12.0 Å². The van der Waals surface area contributed by atoms with Crippen molar-refractivity contribution in [1.82, 2.24) is 0 Å². The van der Waals surface area contributed by atoms with Gasteiger partial charge in [0, 0.05) is 13.3 Å². The maximum absolute atomic E-state index is 11.4. The molecule has 25 heavy (non-hydrogen) atoms. The van der Waals surface area contributed by atoms with Crippen LogP contribution in [-0.4, -0.2) is 40.6 Å². The Labute approximate surface area is 182 Å². The van der Waals surface area contributed by atoms with E-state index in [9.17, 15) is 9.59 Å². The summed E-state index contributed by atoms with van der Waals surface area (Å²) in [4.78, 5) is 21.9. The van der Waals surface area contributed by atoms with Crippen molar-refractivity contribution in [3.05, 3.63) is 0 Å². The quantitative estimate of drug-likeness (QED) is 0.177. The average molecular weight is 383 g/mol. The third-order valence-corrected chi connectivity index (χ3v) is 4.94. The van der Waals surface area contributed by atoms with Crippen LogP contribution in [0.3, 0.4) is 0 Å². The minimum absolute atomic E-state index is 0. The maximum atomic E-state index is 11.4. The molecule has 0 aromatic rings. The summed E-state index contributed by atoms with van der Waals surface area (Å²) in [5.41, 5.74) is 0. The second-order valence-electron chi connectivity index (χ2n) is 6.73. The molecule has 0 bridgehead atoms. The van der Waals surface area contributed by atoms with E-state index in [4.69, 9.17) is 0 Å². The Morgan fingerprint density at radius 1 is 0.680 bits per heavy atom. The summed E-state index contributed by atoms with van der Waals surface area (Å²) in [6.07, 6.45) is 20.3. The summed E-state index contributed by atoms with van der Waals surface area (Å²) in [5, 5.41) is -0.0418. The van der Waals surface area contributed by atoms with Gasteiger partial charge in [0.25, 0.3) is 0 Å². The molecule has 0 radical (unpaired) electrons. The van der Waals surface area contributed by atoms with Gasteiger partial charge in [0.1, 0.15) is 12.0 Å². The third-order valence-electron chi connectivity index (χ3n) is 4.24. The van der Waals surface area contributed by atoms with Crippen molar-refractivity contribution < 1.29 is 13.8 Å². The van der Waals surface area contributed by atoms with E-state index < -0.39 is 5.97 Å². The predicted octanol–water partition coefficient (Wildman–Crippen LogP) is 6.34. The van der Waals surface area contributed by atoms with E-state index in [0.717, 1.165) is 12.8 Å². The molecule has 0 aromatic heterocycles. The van der Waals surface area contributed by atoms with Gasteiger partial charge in [-0.3, -0.25) is 9.59 Å². The van der Waals surface area contributed by atoms with Crippen molar-refractivity contribution in [3.8, 4) is 0 Å². The van der Waals surface area contributed by atoms with Gasteiger partial charge in [0.2, 0.25) is 5.12 Å². The SMILES string of the molecule is CCCCCCCCCCCCCCCCCC(=O)SOC(C)=O.[NaH]. The van der Waals surface area contributed by atoms with Gasteiger partial charge < -0.3 is 4.18 Å². The Morgan fingerprint density at radius 2 is 1.04 bits per heavy atom. The van der Waals surface area contributed by atoms with Gasteiger partial charge in [0.05, 0.1) is 0 Å². The summed E-state index contributed by atoms with van der Waals surface area (Å²) < 4.78 is 4.61. The van der Waals surface area contributed by atoms with Crippen molar-refractivity contribution in [1.29, 1.82) is 0 Å². The predicted molar refractivity (Wildman–Crippen MR) is 111 cm³/mol. The van der Waals surface area contributed by atoms with Gasteiger partial charge >= 0.3 is 35.5 Å². The minimum atomic E-state index is -0.412. The molecular weight excluding hydrogens is 343 g/mol. The molecule has 3 nitrogen and oxygen atoms in total. The monoisotopic (exact) mass is 382 g/mol. The summed E-state index contributed by atoms with van der Waals surface area (Å²) in [6.45, 7) is 3.58. The molecule has 0 aromatic carbocycles. The van der Waals surface area contributed by atoms with Gasteiger partial charge in [-0.15, -0.1) is 0 Å². The fraction of sp³-hybridized carbons (Fsp3) is 0.900. The standard InChI is InChI=1S/C20H38O3S.Na.H/c1-3-4-5-6-7-8-9-10-11-12-13-14-15-16-17-18-20(22)24-23-19(2)21;;/h3-18H2,1-2H3;;. The number of unbranched alkanes of at least 4 members (excludes halogenated alkanes) is 14. The summed E-state index contributed by atoms with van der Waals surface area (Å²) in [6, 6.07) is 0. The number of rotatable bonds is 16. The normalized spacial score (nSPS) is 10.3. The van der Waals surface area contributed by atoms with Crippen molar-refractivity contribution in [2.45, 2.75) is 117 Å². The zero-order chi connectivity index (χ0) is 17.9. The first kappa shape index (κ1) is 27.7.